The maximum absolute atomic E-state index is 13.3. The van der Waals surface area contributed by atoms with Gasteiger partial charge in [0, 0.05) is 42.3 Å². The molecule has 31 heavy (non-hydrogen) atoms. The molecule has 0 bridgehead atoms. The predicted molar refractivity (Wildman–Crippen MR) is 123 cm³/mol. The molecule has 1 aliphatic rings. The van der Waals surface area contributed by atoms with Crippen LogP contribution in [0.2, 0.25) is 5.02 Å². The summed E-state index contributed by atoms with van der Waals surface area (Å²) in [6.07, 6.45) is 0. The lowest BCUT2D eigenvalue weighted by Crippen LogP contribution is -2.48. The van der Waals surface area contributed by atoms with E-state index in [-0.39, 0.29) is 11.7 Å². The van der Waals surface area contributed by atoms with Crippen LogP contribution < -0.4 is 4.90 Å². The highest BCUT2D eigenvalue weighted by atomic mass is 35.5. The van der Waals surface area contributed by atoms with Crippen LogP contribution >= 0.6 is 22.9 Å². The van der Waals surface area contributed by atoms with Crippen LogP contribution in [0.15, 0.2) is 54.6 Å². The summed E-state index contributed by atoms with van der Waals surface area (Å²) in [6.45, 7) is 4.76. The van der Waals surface area contributed by atoms with E-state index in [1.807, 2.05) is 42.2 Å². The van der Waals surface area contributed by atoms with Gasteiger partial charge >= 0.3 is 0 Å². The van der Waals surface area contributed by atoms with Crippen LogP contribution in [-0.2, 0) is 0 Å². The first-order valence-electron chi connectivity index (χ1n) is 10.0. The number of piperazine rings is 1. The lowest BCUT2D eigenvalue weighted by molar-refractivity contribution is 0.0751. The summed E-state index contributed by atoms with van der Waals surface area (Å²) in [5, 5.41) is 6.24. The van der Waals surface area contributed by atoms with Gasteiger partial charge in [-0.25, -0.2) is 9.07 Å². The van der Waals surface area contributed by atoms with Crippen molar-refractivity contribution in [1.29, 1.82) is 0 Å². The topological polar surface area (TPSA) is 41.4 Å². The molecule has 8 heteroatoms. The lowest BCUT2D eigenvalue weighted by Gasteiger charge is -2.36. The zero-order valence-corrected chi connectivity index (χ0v) is 18.5. The van der Waals surface area contributed by atoms with Crippen LogP contribution in [0.5, 0.6) is 0 Å². The number of aromatic nitrogens is 2. The molecule has 2 aromatic heterocycles. The van der Waals surface area contributed by atoms with Gasteiger partial charge in [-0.05, 0) is 55.5 Å². The standard InChI is InChI=1S/C23H20ClFN4OS/c1-15-20-14-21(31-23(20)29(26-15)18-7-5-17(25)6-8-18)22(30)28-11-9-27(10-12-28)19-4-2-3-16(24)13-19/h2-8,13-14H,9-12H2,1H3. The summed E-state index contributed by atoms with van der Waals surface area (Å²) in [6, 6.07) is 15.9. The lowest BCUT2D eigenvalue weighted by atomic mass is 10.2. The largest absolute Gasteiger partial charge is 0.368 e. The van der Waals surface area contributed by atoms with Crippen molar-refractivity contribution in [3.05, 3.63) is 76.0 Å². The van der Waals surface area contributed by atoms with Crippen LogP contribution in [0, 0.1) is 12.7 Å². The maximum atomic E-state index is 13.3. The molecule has 0 spiro atoms. The highest BCUT2D eigenvalue weighted by Crippen LogP contribution is 2.31. The van der Waals surface area contributed by atoms with E-state index >= 15 is 0 Å². The summed E-state index contributed by atoms with van der Waals surface area (Å²) < 4.78 is 15.1. The van der Waals surface area contributed by atoms with E-state index in [4.69, 9.17) is 11.6 Å². The highest BCUT2D eigenvalue weighted by molar-refractivity contribution is 7.20. The van der Waals surface area contributed by atoms with E-state index in [2.05, 4.69) is 10.00 Å². The Morgan fingerprint density at radius 3 is 2.48 bits per heavy atom. The van der Waals surface area contributed by atoms with E-state index in [0.29, 0.717) is 23.0 Å². The molecule has 0 aliphatic carbocycles. The Kier molecular flexibility index (Phi) is 5.16. The number of carbonyl (C=O) groups excluding carboxylic acids is 1. The molecule has 1 saturated heterocycles. The molecular formula is C23H20ClFN4OS. The average Bonchev–Trinajstić information content (AvgIpc) is 3.35. The van der Waals surface area contributed by atoms with Crippen molar-refractivity contribution in [2.24, 2.45) is 0 Å². The van der Waals surface area contributed by atoms with Gasteiger partial charge in [0.15, 0.2) is 0 Å². The van der Waals surface area contributed by atoms with Gasteiger partial charge in [-0.15, -0.1) is 11.3 Å². The van der Waals surface area contributed by atoms with E-state index < -0.39 is 0 Å². The fourth-order valence-electron chi connectivity index (χ4n) is 3.91. The molecule has 0 N–H and O–H groups in total. The van der Waals surface area contributed by atoms with Crippen molar-refractivity contribution in [1.82, 2.24) is 14.7 Å². The summed E-state index contributed by atoms with van der Waals surface area (Å²) in [5.74, 6) is -0.250. The van der Waals surface area contributed by atoms with Gasteiger partial charge in [0.25, 0.3) is 5.91 Å². The van der Waals surface area contributed by atoms with Gasteiger partial charge in [-0.3, -0.25) is 4.79 Å². The van der Waals surface area contributed by atoms with Gasteiger partial charge in [0.2, 0.25) is 0 Å². The molecule has 3 heterocycles. The molecule has 0 radical (unpaired) electrons. The second-order valence-electron chi connectivity index (χ2n) is 7.56. The third-order valence-corrected chi connectivity index (χ3v) is 6.90. The number of amides is 1. The Bertz CT molecular complexity index is 1260. The Morgan fingerprint density at radius 1 is 1.03 bits per heavy atom. The molecule has 158 valence electrons. The smallest absolute Gasteiger partial charge is 0.264 e. The molecule has 0 atom stereocenters. The number of fused-ring (bicyclic) bond motifs is 1. The highest BCUT2D eigenvalue weighted by Gasteiger charge is 2.25. The first-order chi connectivity index (χ1) is 15.0. The minimum Gasteiger partial charge on any atom is -0.368 e. The summed E-state index contributed by atoms with van der Waals surface area (Å²) in [4.78, 5) is 18.9. The normalized spacial score (nSPS) is 14.4. The number of halogens is 2. The van der Waals surface area contributed by atoms with Crippen LogP contribution in [0.3, 0.4) is 0 Å². The summed E-state index contributed by atoms with van der Waals surface area (Å²) in [5.41, 5.74) is 2.70. The molecule has 1 fully saturated rings. The van der Waals surface area contributed by atoms with Gasteiger partial charge < -0.3 is 9.80 Å². The van der Waals surface area contributed by atoms with Crippen molar-refractivity contribution in [2.45, 2.75) is 6.92 Å². The van der Waals surface area contributed by atoms with Crippen LogP contribution in [0.25, 0.3) is 15.9 Å². The number of hydrogen-bond donors (Lipinski definition) is 0. The molecule has 2 aromatic carbocycles. The van der Waals surface area contributed by atoms with Crippen molar-refractivity contribution in [3.63, 3.8) is 0 Å². The van der Waals surface area contributed by atoms with Crippen LogP contribution in [-0.4, -0.2) is 46.8 Å². The number of benzene rings is 2. The number of anilines is 1. The third kappa shape index (κ3) is 3.79. The van der Waals surface area contributed by atoms with Gasteiger partial charge in [-0.2, -0.15) is 5.10 Å². The van der Waals surface area contributed by atoms with Gasteiger partial charge in [-0.1, -0.05) is 17.7 Å². The molecular weight excluding hydrogens is 435 g/mol. The number of thiophene rings is 1. The number of carbonyl (C=O) groups is 1. The van der Waals surface area contributed by atoms with Crippen LogP contribution in [0.1, 0.15) is 15.4 Å². The maximum Gasteiger partial charge on any atom is 0.264 e. The van der Waals surface area contributed by atoms with Crippen molar-refractivity contribution in [2.75, 3.05) is 31.1 Å². The predicted octanol–water partition coefficient (Wildman–Crippen LogP) is 5.15. The van der Waals surface area contributed by atoms with Gasteiger partial charge in [0.1, 0.15) is 10.6 Å². The SMILES string of the molecule is Cc1nn(-c2ccc(F)cc2)c2sc(C(=O)N3CCN(c4cccc(Cl)c4)CC3)cc12. The van der Waals surface area contributed by atoms with Crippen molar-refractivity contribution < 1.29 is 9.18 Å². The Balaban J connectivity index is 1.36. The zero-order chi connectivity index (χ0) is 21.5. The minimum atomic E-state index is -0.289. The molecule has 1 aliphatic heterocycles. The molecule has 5 rings (SSSR count). The summed E-state index contributed by atoms with van der Waals surface area (Å²) in [7, 11) is 0. The number of nitrogens with zero attached hydrogens (tertiary/aromatic N) is 4. The van der Waals surface area contributed by atoms with E-state index in [0.717, 1.165) is 40.4 Å². The number of rotatable bonds is 3. The molecule has 0 saturated carbocycles. The van der Waals surface area contributed by atoms with Crippen molar-refractivity contribution >= 4 is 44.7 Å². The summed E-state index contributed by atoms with van der Waals surface area (Å²) >= 11 is 7.54. The fraction of sp³-hybridized carbons (Fsp3) is 0.217. The molecule has 1 amide bonds. The second kappa shape index (κ2) is 7.98. The minimum absolute atomic E-state index is 0.0389. The second-order valence-corrected chi connectivity index (χ2v) is 9.03. The van der Waals surface area contributed by atoms with E-state index in [1.165, 1.54) is 23.5 Å². The number of aryl methyl sites for hydroxylation is 1. The number of hydrogen-bond acceptors (Lipinski definition) is 4. The third-order valence-electron chi connectivity index (χ3n) is 5.57. The van der Waals surface area contributed by atoms with Crippen LogP contribution in [0.4, 0.5) is 10.1 Å². The zero-order valence-electron chi connectivity index (χ0n) is 16.9. The van der Waals surface area contributed by atoms with E-state index in [1.54, 1.807) is 16.8 Å². The first-order valence-corrected chi connectivity index (χ1v) is 11.2. The average molecular weight is 455 g/mol. The first kappa shape index (κ1) is 20.0. The quantitative estimate of drug-likeness (QED) is 0.430. The molecule has 4 aromatic rings. The Labute approximate surface area is 188 Å². The molecule has 5 nitrogen and oxygen atoms in total. The Morgan fingerprint density at radius 2 is 1.77 bits per heavy atom. The fourth-order valence-corrected chi connectivity index (χ4v) is 5.24. The van der Waals surface area contributed by atoms with E-state index in [9.17, 15) is 9.18 Å². The van der Waals surface area contributed by atoms with Gasteiger partial charge in [0.05, 0.1) is 16.3 Å². The Hall–Kier alpha value is -2.90. The van der Waals surface area contributed by atoms with Crippen molar-refractivity contribution in [3.8, 4) is 5.69 Å². The monoisotopic (exact) mass is 454 g/mol. The molecule has 0 unspecified atom stereocenters.